The van der Waals surface area contributed by atoms with Gasteiger partial charge in [0.05, 0.1) is 0 Å². The summed E-state index contributed by atoms with van der Waals surface area (Å²) in [5.41, 5.74) is 9.12. The molecule has 0 bridgehead atoms. The van der Waals surface area contributed by atoms with E-state index in [2.05, 4.69) is 42.1 Å². The van der Waals surface area contributed by atoms with Crippen LogP contribution in [0.3, 0.4) is 0 Å². The van der Waals surface area contributed by atoms with Crippen molar-refractivity contribution in [2.24, 2.45) is 12.8 Å². The van der Waals surface area contributed by atoms with Crippen molar-refractivity contribution in [2.75, 3.05) is 6.54 Å². The molecule has 1 aliphatic rings. The third-order valence-electron chi connectivity index (χ3n) is 4.42. The van der Waals surface area contributed by atoms with Gasteiger partial charge in [-0.15, -0.1) is 0 Å². The number of benzene rings is 1. The SMILES string of the molecule is Cn1cc(C2(CN)CCCC2)c2ccccc21. The van der Waals surface area contributed by atoms with Crippen LogP contribution in [0.15, 0.2) is 30.5 Å². The topological polar surface area (TPSA) is 30.9 Å². The van der Waals surface area contributed by atoms with Gasteiger partial charge in [-0.25, -0.2) is 0 Å². The molecule has 2 N–H and O–H groups in total. The van der Waals surface area contributed by atoms with Crippen LogP contribution in [0.25, 0.3) is 10.9 Å². The van der Waals surface area contributed by atoms with Gasteiger partial charge in [-0.1, -0.05) is 31.0 Å². The number of para-hydroxylation sites is 1. The second-order valence-corrected chi connectivity index (χ2v) is 5.36. The normalized spacial score (nSPS) is 18.9. The van der Waals surface area contributed by atoms with Gasteiger partial charge >= 0.3 is 0 Å². The largest absolute Gasteiger partial charge is 0.350 e. The van der Waals surface area contributed by atoms with Crippen LogP contribution in [-0.4, -0.2) is 11.1 Å². The highest BCUT2D eigenvalue weighted by atomic mass is 14.9. The average Bonchev–Trinajstić information content (AvgIpc) is 2.96. The molecule has 2 aromatic rings. The maximum Gasteiger partial charge on any atom is 0.0480 e. The van der Waals surface area contributed by atoms with Crippen LogP contribution >= 0.6 is 0 Å². The fourth-order valence-corrected chi connectivity index (χ4v) is 3.40. The molecular weight excluding hydrogens is 208 g/mol. The molecule has 1 aromatic carbocycles. The number of nitrogens with zero attached hydrogens (tertiary/aromatic N) is 1. The summed E-state index contributed by atoms with van der Waals surface area (Å²) in [6, 6.07) is 8.67. The second-order valence-electron chi connectivity index (χ2n) is 5.36. The van der Waals surface area contributed by atoms with Gasteiger partial charge in [0, 0.05) is 36.1 Å². The van der Waals surface area contributed by atoms with Gasteiger partial charge in [0.25, 0.3) is 0 Å². The Bertz CT molecular complexity index is 533. The molecule has 1 aliphatic carbocycles. The molecule has 0 radical (unpaired) electrons. The predicted molar refractivity (Wildman–Crippen MR) is 72.1 cm³/mol. The predicted octanol–water partition coefficient (Wildman–Crippen LogP) is 2.95. The molecule has 17 heavy (non-hydrogen) atoms. The number of nitrogens with two attached hydrogens (primary N) is 1. The first-order valence-corrected chi connectivity index (χ1v) is 6.51. The lowest BCUT2D eigenvalue weighted by molar-refractivity contribution is 0.456. The Morgan fingerprint density at radius 1 is 1.24 bits per heavy atom. The van der Waals surface area contributed by atoms with E-state index in [1.807, 2.05) is 0 Å². The number of aryl methyl sites for hydroxylation is 1. The molecule has 3 rings (SSSR count). The molecule has 2 heteroatoms. The quantitative estimate of drug-likeness (QED) is 0.841. The van der Waals surface area contributed by atoms with Crippen LogP contribution in [0, 0.1) is 0 Å². The summed E-state index contributed by atoms with van der Waals surface area (Å²) in [7, 11) is 2.13. The molecule has 2 nitrogen and oxygen atoms in total. The highest BCUT2D eigenvalue weighted by molar-refractivity contribution is 5.85. The zero-order valence-corrected chi connectivity index (χ0v) is 10.4. The minimum absolute atomic E-state index is 0.237. The van der Waals surface area contributed by atoms with E-state index in [0.29, 0.717) is 0 Å². The van der Waals surface area contributed by atoms with Gasteiger partial charge in [0.15, 0.2) is 0 Å². The van der Waals surface area contributed by atoms with Crippen LogP contribution in [0.5, 0.6) is 0 Å². The number of fused-ring (bicyclic) bond motifs is 1. The van der Waals surface area contributed by atoms with Crippen molar-refractivity contribution in [1.82, 2.24) is 4.57 Å². The Labute approximate surface area is 102 Å². The molecule has 0 spiro atoms. The van der Waals surface area contributed by atoms with Gasteiger partial charge in [-0.3, -0.25) is 0 Å². The molecule has 0 saturated heterocycles. The lowest BCUT2D eigenvalue weighted by atomic mass is 9.79. The highest BCUT2D eigenvalue weighted by Crippen LogP contribution is 2.43. The minimum Gasteiger partial charge on any atom is -0.350 e. The zero-order chi connectivity index (χ0) is 11.9. The number of aromatic nitrogens is 1. The fraction of sp³-hybridized carbons (Fsp3) is 0.467. The summed E-state index contributed by atoms with van der Waals surface area (Å²) >= 11 is 0. The highest BCUT2D eigenvalue weighted by Gasteiger charge is 2.36. The smallest absolute Gasteiger partial charge is 0.0480 e. The van der Waals surface area contributed by atoms with Crippen molar-refractivity contribution in [1.29, 1.82) is 0 Å². The Hall–Kier alpha value is -1.28. The van der Waals surface area contributed by atoms with E-state index in [-0.39, 0.29) is 5.41 Å². The van der Waals surface area contributed by atoms with Gasteiger partial charge in [0.1, 0.15) is 0 Å². The van der Waals surface area contributed by atoms with Gasteiger partial charge in [-0.2, -0.15) is 0 Å². The molecule has 1 heterocycles. The second kappa shape index (κ2) is 3.88. The van der Waals surface area contributed by atoms with Crippen molar-refractivity contribution in [2.45, 2.75) is 31.1 Å². The summed E-state index contributed by atoms with van der Waals surface area (Å²) in [5, 5.41) is 1.39. The number of rotatable bonds is 2. The Morgan fingerprint density at radius 3 is 2.65 bits per heavy atom. The lowest BCUT2D eigenvalue weighted by Crippen LogP contribution is -2.31. The molecule has 1 fully saturated rings. The Morgan fingerprint density at radius 2 is 1.94 bits per heavy atom. The molecule has 1 aromatic heterocycles. The summed E-state index contributed by atoms with van der Waals surface area (Å²) in [5.74, 6) is 0. The van der Waals surface area contributed by atoms with Gasteiger partial charge in [0.2, 0.25) is 0 Å². The van der Waals surface area contributed by atoms with Crippen LogP contribution in [0.1, 0.15) is 31.2 Å². The summed E-state index contributed by atoms with van der Waals surface area (Å²) in [6.45, 7) is 0.779. The monoisotopic (exact) mass is 228 g/mol. The van der Waals surface area contributed by atoms with Crippen molar-refractivity contribution in [3.8, 4) is 0 Å². The van der Waals surface area contributed by atoms with E-state index in [9.17, 15) is 0 Å². The minimum atomic E-state index is 0.237. The average molecular weight is 228 g/mol. The first-order valence-electron chi connectivity index (χ1n) is 6.51. The van der Waals surface area contributed by atoms with Crippen molar-refractivity contribution in [3.05, 3.63) is 36.0 Å². The fourth-order valence-electron chi connectivity index (χ4n) is 3.40. The number of hydrogen-bond donors (Lipinski definition) is 1. The van der Waals surface area contributed by atoms with E-state index < -0.39 is 0 Å². The van der Waals surface area contributed by atoms with E-state index in [0.717, 1.165) is 6.54 Å². The third-order valence-corrected chi connectivity index (χ3v) is 4.42. The first-order chi connectivity index (χ1) is 8.27. The van der Waals surface area contributed by atoms with Gasteiger partial charge < -0.3 is 10.3 Å². The summed E-state index contributed by atoms with van der Waals surface area (Å²) in [6.07, 6.45) is 7.43. The summed E-state index contributed by atoms with van der Waals surface area (Å²) in [4.78, 5) is 0. The van der Waals surface area contributed by atoms with Crippen LogP contribution < -0.4 is 5.73 Å². The summed E-state index contributed by atoms with van der Waals surface area (Å²) < 4.78 is 2.24. The Kier molecular flexibility index (Phi) is 2.48. The molecule has 0 unspecified atom stereocenters. The van der Waals surface area contributed by atoms with Crippen LogP contribution in [0.4, 0.5) is 0 Å². The zero-order valence-electron chi connectivity index (χ0n) is 10.4. The van der Waals surface area contributed by atoms with Crippen molar-refractivity contribution in [3.63, 3.8) is 0 Å². The number of hydrogen-bond acceptors (Lipinski definition) is 1. The molecular formula is C15H20N2. The van der Waals surface area contributed by atoms with Crippen molar-refractivity contribution < 1.29 is 0 Å². The molecule has 90 valence electrons. The van der Waals surface area contributed by atoms with Crippen LogP contribution in [0.2, 0.25) is 0 Å². The first kappa shape index (κ1) is 10.8. The van der Waals surface area contributed by atoms with E-state index in [1.54, 1.807) is 0 Å². The molecule has 1 saturated carbocycles. The van der Waals surface area contributed by atoms with Gasteiger partial charge in [-0.05, 0) is 24.5 Å². The molecule has 0 atom stereocenters. The maximum atomic E-state index is 6.09. The lowest BCUT2D eigenvalue weighted by Gasteiger charge is -2.27. The standard InChI is InChI=1S/C15H20N2/c1-17-10-13(12-6-2-3-7-14(12)17)15(11-16)8-4-5-9-15/h2-3,6-7,10H,4-5,8-9,11,16H2,1H3. The van der Waals surface area contributed by atoms with E-state index in [4.69, 9.17) is 5.73 Å². The molecule has 0 amide bonds. The molecule has 0 aliphatic heterocycles. The van der Waals surface area contributed by atoms with Crippen LogP contribution in [-0.2, 0) is 12.5 Å². The maximum absolute atomic E-state index is 6.09. The van der Waals surface area contributed by atoms with E-state index >= 15 is 0 Å². The Balaban J connectivity index is 2.23. The third kappa shape index (κ3) is 1.51. The van der Waals surface area contributed by atoms with E-state index in [1.165, 1.54) is 42.1 Å². The van der Waals surface area contributed by atoms with Crippen molar-refractivity contribution >= 4 is 10.9 Å².